The summed E-state index contributed by atoms with van der Waals surface area (Å²) in [5, 5.41) is 12.1. The minimum Gasteiger partial charge on any atom is -0.480 e. The molecule has 0 aliphatic rings. The molecule has 10 heteroatoms. The molecule has 192 valence electrons. The number of benzene rings is 3. The van der Waals surface area contributed by atoms with Crippen molar-refractivity contribution in [2.45, 2.75) is 12.5 Å². The molecular weight excluding hydrogens is 554 g/mol. The second-order valence-electron chi connectivity index (χ2n) is 8.63. The highest BCUT2D eigenvalue weighted by Crippen LogP contribution is 2.29. The summed E-state index contributed by atoms with van der Waals surface area (Å²) in [4.78, 5) is 41.2. The smallest absolute Gasteiger partial charge is 0.323 e. The molecule has 3 N–H and O–H groups in total. The predicted molar refractivity (Wildman–Crippen MR) is 145 cm³/mol. The number of aromatic amines is 1. The number of carboxylic acids is 1. The maximum atomic E-state index is 13.0. The molecule has 0 radical (unpaired) electrons. The van der Waals surface area contributed by atoms with Crippen LogP contribution >= 0.6 is 15.9 Å². The molecule has 5 aromatic rings. The van der Waals surface area contributed by atoms with E-state index >= 15 is 0 Å². The number of carboxylic acid groups (broad SMARTS) is 1. The van der Waals surface area contributed by atoms with Crippen molar-refractivity contribution in [3.05, 3.63) is 105 Å². The standard InChI is InChI=1S/C28H22BrN3O6/c1-32(21(28(35)36)13-16-15-30-20-6-3-2-5-19(16)20)31-27(34)25-14-22(33)26-23(7-4-8-24(26)38-25)37-18-11-9-17(29)10-12-18/h2-12,14-15,21,30H,13H2,1H3,(H,31,34)(H,35,36)/t21-/m0/s1. The van der Waals surface area contributed by atoms with Crippen LogP contribution in [0.15, 0.2) is 92.7 Å². The molecule has 5 rings (SSSR count). The summed E-state index contributed by atoms with van der Waals surface area (Å²) >= 11 is 3.37. The van der Waals surface area contributed by atoms with Crippen molar-refractivity contribution in [2.24, 2.45) is 0 Å². The Morgan fingerprint density at radius 3 is 2.63 bits per heavy atom. The summed E-state index contributed by atoms with van der Waals surface area (Å²) in [5.74, 6) is -1.32. The molecule has 3 aromatic carbocycles. The number of aromatic nitrogens is 1. The number of nitrogens with zero attached hydrogens (tertiary/aromatic N) is 1. The van der Waals surface area contributed by atoms with Crippen molar-refractivity contribution in [1.82, 2.24) is 15.4 Å². The zero-order chi connectivity index (χ0) is 26.8. The molecule has 2 aromatic heterocycles. The Balaban J connectivity index is 1.37. The minimum absolute atomic E-state index is 0.133. The monoisotopic (exact) mass is 575 g/mol. The van der Waals surface area contributed by atoms with Crippen LogP contribution in [0.1, 0.15) is 16.1 Å². The lowest BCUT2D eigenvalue weighted by atomic mass is 10.0. The van der Waals surface area contributed by atoms with Gasteiger partial charge in [0.2, 0.25) is 0 Å². The Labute approximate surface area is 224 Å². The molecule has 0 bridgehead atoms. The second-order valence-corrected chi connectivity index (χ2v) is 9.55. The Morgan fingerprint density at radius 1 is 1.11 bits per heavy atom. The number of rotatable bonds is 8. The van der Waals surface area contributed by atoms with Gasteiger partial charge >= 0.3 is 11.9 Å². The Morgan fingerprint density at radius 2 is 1.87 bits per heavy atom. The molecule has 38 heavy (non-hydrogen) atoms. The highest BCUT2D eigenvalue weighted by atomic mass is 79.9. The number of hydrazine groups is 1. The fraction of sp³-hybridized carbons (Fsp3) is 0.107. The summed E-state index contributed by atoms with van der Waals surface area (Å²) in [5.41, 5.74) is 3.90. The second kappa shape index (κ2) is 10.5. The van der Waals surface area contributed by atoms with Crippen molar-refractivity contribution in [2.75, 3.05) is 7.05 Å². The number of halogens is 1. The first-order valence-electron chi connectivity index (χ1n) is 11.6. The first kappa shape index (κ1) is 25.2. The van der Waals surface area contributed by atoms with Crippen molar-refractivity contribution < 1.29 is 23.8 Å². The van der Waals surface area contributed by atoms with Crippen LogP contribution in [0.3, 0.4) is 0 Å². The van der Waals surface area contributed by atoms with Gasteiger partial charge in [0.25, 0.3) is 0 Å². The van der Waals surface area contributed by atoms with Gasteiger partial charge in [0.15, 0.2) is 11.2 Å². The van der Waals surface area contributed by atoms with Crippen molar-refractivity contribution in [3.8, 4) is 11.5 Å². The highest BCUT2D eigenvalue weighted by molar-refractivity contribution is 9.10. The van der Waals surface area contributed by atoms with Crippen LogP contribution in [-0.4, -0.2) is 40.1 Å². The number of hydrogen-bond donors (Lipinski definition) is 3. The van der Waals surface area contributed by atoms with Crippen LogP contribution in [0.2, 0.25) is 0 Å². The van der Waals surface area contributed by atoms with Crippen molar-refractivity contribution in [3.63, 3.8) is 0 Å². The lowest BCUT2D eigenvalue weighted by molar-refractivity contribution is -0.143. The molecule has 2 heterocycles. The Kier molecular flexibility index (Phi) is 6.99. The minimum atomic E-state index is -1.12. The maximum absolute atomic E-state index is 13.0. The van der Waals surface area contributed by atoms with Crippen LogP contribution in [-0.2, 0) is 11.2 Å². The number of aliphatic carboxylic acids is 1. The molecular formula is C28H22BrN3O6. The van der Waals surface area contributed by atoms with Gasteiger partial charge in [0.05, 0.1) is 0 Å². The van der Waals surface area contributed by atoms with Gasteiger partial charge in [-0.25, -0.2) is 5.01 Å². The van der Waals surface area contributed by atoms with E-state index in [9.17, 15) is 19.5 Å². The lowest BCUT2D eigenvalue weighted by Gasteiger charge is -2.24. The van der Waals surface area contributed by atoms with Gasteiger partial charge in [-0.05, 0) is 48.0 Å². The summed E-state index contributed by atoms with van der Waals surface area (Å²) in [7, 11) is 1.45. The number of carbonyl (C=O) groups is 2. The van der Waals surface area contributed by atoms with Crippen LogP contribution in [0.5, 0.6) is 11.5 Å². The number of amides is 1. The van der Waals surface area contributed by atoms with Gasteiger partial charge in [-0.15, -0.1) is 0 Å². The number of carbonyl (C=O) groups excluding carboxylic acids is 1. The number of hydrogen-bond acceptors (Lipinski definition) is 6. The molecule has 1 amide bonds. The topological polar surface area (TPSA) is 125 Å². The largest absolute Gasteiger partial charge is 0.480 e. The number of H-pyrrole nitrogens is 1. The molecule has 0 aliphatic heterocycles. The van der Waals surface area contributed by atoms with Crippen LogP contribution in [0.25, 0.3) is 21.9 Å². The van der Waals surface area contributed by atoms with E-state index in [1.165, 1.54) is 12.1 Å². The molecule has 0 saturated heterocycles. The third-order valence-corrected chi connectivity index (χ3v) is 6.63. The average molecular weight is 576 g/mol. The first-order valence-corrected chi connectivity index (χ1v) is 12.4. The lowest BCUT2D eigenvalue weighted by Crippen LogP contribution is -2.50. The van der Waals surface area contributed by atoms with Crippen LogP contribution < -0.4 is 15.6 Å². The number of fused-ring (bicyclic) bond motifs is 2. The fourth-order valence-corrected chi connectivity index (χ4v) is 4.46. The number of likely N-dealkylation sites (N-methyl/N-ethyl adjacent to an activating group) is 1. The molecule has 0 saturated carbocycles. The van der Waals surface area contributed by atoms with E-state index in [2.05, 4.69) is 26.3 Å². The van der Waals surface area contributed by atoms with Crippen LogP contribution in [0.4, 0.5) is 0 Å². The molecule has 1 atom stereocenters. The quantitative estimate of drug-likeness (QED) is 0.220. The van der Waals surface area contributed by atoms with Gasteiger partial charge in [-0.3, -0.25) is 19.8 Å². The van der Waals surface area contributed by atoms with Crippen molar-refractivity contribution in [1.29, 1.82) is 0 Å². The normalized spacial score (nSPS) is 12.1. The predicted octanol–water partition coefficient (Wildman–Crippen LogP) is 5.10. The summed E-state index contributed by atoms with van der Waals surface area (Å²) in [6.45, 7) is 0. The molecule has 9 nitrogen and oxygen atoms in total. The highest BCUT2D eigenvalue weighted by Gasteiger charge is 2.27. The Hall–Kier alpha value is -4.41. The van der Waals surface area contributed by atoms with E-state index in [1.54, 1.807) is 36.5 Å². The molecule has 0 unspecified atom stereocenters. The molecule has 0 spiro atoms. The Bertz CT molecular complexity index is 1710. The number of para-hydroxylation sites is 1. The van der Waals surface area contributed by atoms with Gasteiger partial charge in [-0.2, -0.15) is 0 Å². The summed E-state index contributed by atoms with van der Waals surface area (Å²) in [6.07, 6.45) is 1.89. The maximum Gasteiger partial charge on any atom is 0.323 e. The van der Waals surface area contributed by atoms with E-state index in [4.69, 9.17) is 9.15 Å². The van der Waals surface area contributed by atoms with Crippen LogP contribution in [0, 0.1) is 0 Å². The van der Waals surface area contributed by atoms with E-state index in [0.29, 0.717) is 5.75 Å². The number of ether oxygens (including phenoxy) is 1. The van der Waals surface area contributed by atoms with Gasteiger partial charge < -0.3 is 19.2 Å². The average Bonchev–Trinajstić information content (AvgIpc) is 3.31. The van der Waals surface area contributed by atoms with Gasteiger partial charge in [0.1, 0.15) is 28.5 Å². The summed E-state index contributed by atoms with van der Waals surface area (Å²) < 4.78 is 12.5. The third-order valence-electron chi connectivity index (χ3n) is 6.10. The molecule has 0 fully saturated rings. The molecule has 0 aliphatic carbocycles. The van der Waals surface area contributed by atoms with Crippen molar-refractivity contribution >= 4 is 49.7 Å². The number of nitrogens with one attached hydrogen (secondary N) is 2. The SMILES string of the molecule is CN(NC(=O)c1cc(=O)c2c(Oc3ccc(Br)cc3)cccc2o1)[C@@H](Cc1c[nH]c2ccccc12)C(=O)O. The summed E-state index contributed by atoms with van der Waals surface area (Å²) in [6, 6.07) is 19.5. The van der Waals surface area contributed by atoms with Gasteiger partial charge in [-0.1, -0.05) is 40.2 Å². The van der Waals surface area contributed by atoms with E-state index < -0.39 is 23.3 Å². The zero-order valence-corrected chi connectivity index (χ0v) is 21.7. The third kappa shape index (κ3) is 5.17. The zero-order valence-electron chi connectivity index (χ0n) is 20.1. The fourth-order valence-electron chi connectivity index (χ4n) is 4.20. The van der Waals surface area contributed by atoms with E-state index in [0.717, 1.165) is 27.0 Å². The van der Waals surface area contributed by atoms with E-state index in [1.807, 2.05) is 36.4 Å². The first-order chi connectivity index (χ1) is 18.3. The van der Waals surface area contributed by atoms with Gasteiger partial charge in [0, 0.05) is 41.1 Å². The van der Waals surface area contributed by atoms with E-state index in [-0.39, 0.29) is 28.9 Å².